The lowest BCUT2D eigenvalue weighted by atomic mass is 9.68. The first kappa shape index (κ1) is 15.4. The lowest BCUT2D eigenvalue weighted by Gasteiger charge is -2.45. The van der Waals surface area contributed by atoms with Crippen molar-refractivity contribution in [1.29, 1.82) is 0 Å². The molecule has 2 rings (SSSR count). The van der Waals surface area contributed by atoms with Crippen LogP contribution in [-0.4, -0.2) is 29.6 Å². The van der Waals surface area contributed by atoms with Gasteiger partial charge in [-0.15, -0.1) is 0 Å². The van der Waals surface area contributed by atoms with Gasteiger partial charge in [-0.1, -0.05) is 45.7 Å². The van der Waals surface area contributed by atoms with Crippen LogP contribution in [0, 0.1) is 5.92 Å². The first-order valence-corrected chi connectivity index (χ1v) is 8.08. The quantitative estimate of drug-likeness (QED) is 0.815. The third-order valence-corrected chi connectivity index (χ3v) is 5.15. The van der Waals surface area contributed by atoms with Gasteiger partial charge in [-0.25, -0.2) is 0 Å². The lowest BCUT2D eigenvalue weighted by Crippen LogP contribution is -2.47. The molecule has 1 fully saturated rings. The monoisotopic (exact) mass is 275 g/mol. The third-order valence-electron chi connectivity index (χ3n) is 5.15. The van der Waals surface area contributed by atoms with Crippen LogP contribution in [0.4, 0.5) is 0 Å². The summed E-state index contributed by atoms with van der Waals surface area (Å²) in [6.45, 7) is 10.6. The molecule has 0 saturated carbocycles. The van der Waals surface area contributed by atoms with Crippen molar-refractivity contribution in [3.05, 3.63) is 29.8 Å². The molecule has 2 atom stereocenters. The highest BCUT2D eigenvalue weighted by Crippen LogP contribution is 2.40. The minimum atomic E-state index is 0.194. The minimum absolute atomic E-state index is 0.194. The summed E-state index contributed by atoms with van der Waals surface area (Å²) in [6.07, 6.45) is 5.15. The summed E-state index contributed by atoms with van der Waals surface area (Å²) in [6, 6.07) is 7.85. The largest absolute Gasteiger partial charge is 0.508 e. The molecular weight excluding hydrogens is 246 g/mol. The van der Waals surface area contributed by atoms with E-state index in [-0.39, 0.29) is 5.41 Å². The van der Waals surface area contributed by atoms with E-state index >= 15 is 0 Å². The molecule has 2 nitrogen and oxygen atoms in total. The van der Waals surface area contributed by atoms with E-state index in [1.165, 1.54) is 50.9 Å². The first-order chi connectivity index (χ1) is 9.56. The molecule has 0 aliphatic carbocycles. The van der Waals surface area contributed by atoms with Crippen LogP contribution in [0.2, 0.25) is 0 Å². The molecule has 20 heavy (non-hydrogen) atoms. The zero-order valence-corrected chi connectivity index (χ0v) is 13.2. The zero-order valence-electron chi connectivity index (χ0n) is 13.2. The second-order valence-corrected chi connectivity index (χ2v) is 6.63. The van der Waals surface area contributed by atoms with Crippen molar-refractivity contribution in [3.8, 4) is 5.75 Å². The van der Waals surface area contributed by atoms with Crippen LogP contribution < -0.4 is 0 Å². The van der Waals surface area contributed by atoms with Gasteiger partial charge in [0, 0.05) is 6.54 Å². The van der Waals surface area contributed by atoms with Crippen LogP contribution in [0.5, 0.6) is 5.75 Å². The van der Waals surface area contributed by atoms with Gasteiger partial charge in [0.25, 0.3) is 0 Å². The van der Waals surface area contributed by atoms with Crippen molar-refractivity contribution in [1.82, 2.24) is 4.90 Å². The number of rotatable bonds is 5. The highest BCUT2D eigenvalue weighted by molar-refractivity contribution is 5.33. The SMILES string of the molecule is CCCCCN1CC[C@](C)(c2cccc(O)c2)[C@H](C)C1. The Labute approximate surface area is 123 Å². The average molecular weight is 275 g/mol. The Hall–Kier alpha value is -1.02. The summed E-state index contributed by atoms with van der Waals surface area (Å²) in [4.78, 5) is 2.62. The number of aromatic hydroxyl groups is 1. The summed E-state index contributed by atoms with van der Waals surface area (Å²) in [5, 5.41) is 9.73. The molecule has 1 heterocycles. The fraction of sp³-hybridized carbons (Fsp3) is 0.667. The Balaban J connectivity index is 2.01. The molecule has 0 radical (unpaired) electrons. The minimum Gasteiger partial charge on any atom is -0.508 e. The Morgan fingerprint density at radius 3 is 2.80 bits per heavy atom. The van der Waals surface area contributed by atoms with E-state index in [0.717, 1.165) is 0 Å². The van der Waals surface area contributed by atoms with Crippen LogP contribution in [0.1, 0.15) is 52.0 Å². The Kier molecular flexibility index (Phi) is 5.09. The maximum absolute atomic E-state index is 9.73. The molecular formula is C18H29NO. The third kappa shape index (κ3) is 3.35. The molecule has 0 spiro atoms. The van der Waals surface area contributed by atoms with E-state index in [9.17, 15) is 5.11 Å². The number of nitrogens with zero attached hydrogens (tertiary/aromatic N) is 1. The van der Waals surface area contributed by atoms with E-state index in [2.05, 4.69) is 31.7 Å². The van der Waals surface area contributed by atoms with Crippen molar-refractivity contribution < 1.29 is 5.11 Å². The molecule has 1 aliphatic heterocycles. The molecule has 0 amide bonds. The number of phenols is 1. The van der Waals surface area contributed by atoms with Crippen molar-refractivity contribution in [3.63, 3.8) is 0 Å². The molecule has 1 N–H and O–H groups in total. The zero-order chi connectivity index (χ0) is 14.6. The lowest BCUT2D eigenvalue weighted by molar-refractivity contribution is 0.109. The smallest absolute Gasteiger partial charge is 0.115 e. The number of hydrogen-bond donors (Lipinski definition) is 1. The molecule has 1 saturated heterocycles. The van der Waals surface area contributed by atoms with Gasteiger partial charge in [-0.05, 0) is 55.0 Å². The Morgan fingerprint density at radius 2 is 2.15 bits per heavy atom. The summed E-state index contributed by atoms with van der Waals surface area (Å²) in [5.74, 6) is 1.01. The molecule has 112 valence electrons. The maximum Gasteiger partial charge on any atom is 0.115 e. The number of unbranched alkanes of at least 4 members (excludes halogenated alkanes) is 2. The Bertz CT molecular complexity index is 431. The maximum atomic E-state index is 9.73. The van der Waals surface area contributed by atoms with Crippen molar-refractivity contribution in [2.24, 2.45) is 5.92 Å². The summed E-state index contributed by atoms with van der Waals surface area (Å²) >= 11 is 0. The van der Waals surface area contributed by atoms with Gasteiger partial charge in [0.15, 0.2) is 0 Å². The average Bonchev–Trinajstić information content (AvgIpc) is 2.43. The molecule has 1 aromatic rings. The first-order valence-electron chi connectivity index (χ1n) is 8.08. The van der Waals surface area contributed by atoms with Crippen LogP contribution in [-0.2, 0) is 5.41 Å². The van der Waals surface area contributed by atoms with Crippen LogP contribution in [0.15, 0.2) is 24.3 Å². The summed E-state index contributed by atoms with van der Waals surface area (Å²) in [7, 11) is 0. The number of benzene rings is 1. The van der Waals surface area contributed by atoms with Crippen molar-refractivity contribution in [2.45, 2.75) is 51.9 Å². The second-order valence-electron chi connectivity index (χ2n) is 6.63. The normalized spacial score (nSPS) is 27.6. The number of phenolic OH excluding ortho intramolecular Hbond substituents is 1. The van der Waals surface area contributed by atoms with Gasteiger partial charge >= 0.3 is 0 Å². The Morgan fingerprint density at radius 1 is 1.35 bits per heavy atom. The number of likely N-dealkylation sites (tertiary alicyclic amines) is 1. The summed E-state index contributed by atoms with van der Waals surface area (Å²) < 4.78 is 0. The second kappa shape index (κ2) is 6.62. The van der Waals surface area contributed by atoms with Gasteiger partial charge < -0.3 is 10.0 Å². The number of piperidine rings is 1. The van der Waals surface area contributed by atoms with Crippen LogP contribution in [0.3, 0.4) is 0 Å². The topological polar surface area (TPSA) is 23.5 Å². The van der Waals surface area contributed by atoms with E-state index in [1.807, 2.05) is 12.1 Å². The highest BCUT2D eigenvalue weighted by atomic mass is 16.3. The van der Waals surface area contributed by atoms with Crippen LogP contribution >= 0.6 is 0 Å². The van der Waals surface area contributed by atoms with Crippen molar-refractivity contribution >= 4 is 0 Å². The van der Waals surface area contributed by atoms with E-state index in [1.54, 1.807) is 6.07 Å². The van der Waals surface area contributed by atoms with Crippen molar-refractivity contribution in [2.75, 3.05) is 19.6 Å². The molecule has 0 unspecified atom stereocenters. The van der Waals surface area contributed by atoms with E-state index in [0.29, 0.717) is 11.7 Å². The standard InChI is InChI=1S/C18H29NO/c1-4-5-6-11-19-12-10-18(3,15(2)14-19)16-8-7-9-17(20)13-16/h7-9,13,15,20H,4-6,10-12,14H2,1-3H3/t15-,18+/m1/s1. The van der Waals surface area contributed by atoms with Gasteiger partial charge in [0.05, 0.1) is 0 Å². The molecule has 1 aromatic carbocycles. The highest BCUT2D eigenvalue weighted by Gasteiger charge is 2.37. The molecule has 1 aliphatic rings. The summed E-state index contributed by atoms with van der Waals surface area (Å²) in [5.41, 5.74) is 1.48. The van der Waals surface area contributed by atoms with Gasteiger partial charge in [0.2, 0.25) is 0 Å². The van der Waals surface area contributed by atoms with Gasteiger partial charge in [-0.3, -0.25) is 0 Å². The van der Waals surface area contributed by atoms with Gasteiger partial charge in [-0.2, -0.15) is 0 Å². The molecule has 0 aromatic heterocycles. The fourth-order valence-corrected chi connectivity index (χ4v) is 3.40. The van der Waals surface area contributed by atoms with E-state index < -0.39 is 0 Å². The predicted octanol–water partition coefficient (Wildman–Crippen LogP) is 4.18. The molecule has 2 heteroatoms. The molecule has 0 bridgehead atoms. The van der Waals surface area contributed by atoms with E-state index in [4.69, 9.17) is 0 Å². The fourth-order valence-electron chi connectivity index (χ4n) is 3.40. The number of hydrogen-bond acceptors (Lipinski definition) is 2. The van der Waals surface area contributed by atoms with Gasteiger partial charge in [0.1, 0.15) is 5.75 Å². The van der Waals surface area contributed by atoms with Crippen LogP contribution in [0.25, 0.3) is 0 Å². The predicted molar refractivity (Wildman–Crippen MR) is 85.2 cm³/mol.